The Balaban J connectivity index is 1.43. The molecular weight excluding hydrogens is 438 g/mol. The molecule has 1 saturated carbocycles. The standard InChI is InChI=1S/C33H49N3/c1-3-5-7-9-10-12-14-22-33(27-34)23-20-30(21-24-33)29-16-18-31(19-17-29)32-35-25-28(26-36-32)15-13-11-8-6-4-2/h16-19,25-26,30H,3-15,20-24H2,1-2H3. The van der Waals surface area contributed by atoms with Gasteiger partial charge in [-0.1, -0.05) is 109 Å². The summed E-state index contributed by atoms with van der Waals surface area (Å²) in [6.45, 7) is 4.52. The fourth-order valence-corrected chi connectivity index (χ4v) is 5.81. The first-order chi connectivity index (χ1) is 17.7. The van der Waals surface area contributed by atoms with Crippen molar-refractivity contribution in [1.82, 2.24) is 9.97 Å². The van der Waals surface area contributed by atoms with E-state index in [1.807, 2.05) is 12.4 Å². The summed E-state index contributed by atoms with van der Waals surface area (Å²) >= 11 is 0. The van der Waals surface area contributed by atoms with Gasteiger partial charge in [0.25, 0.3) is 0 Å². The fourth-order valence-electron chi connectivity index (χ4n) is 5.81. The highest BCUT2D eigenvalue weighted by molar-refractivity contribution is 5.55. The van der Waals surface area contributed by atoms with Gasteiger partial charge in [0.05, 0.1) is 11.5 Å². The second-order valence-corrected chi connectivity index (χ2v) is 11.2. The lowest BCUT2D eigenvalue weighted by Gasteiger charge is -2.35. The number of hydrogen-bond donors (Lipinski definition) is 0. The van der Waals surface area contributed by atoms with E-state index in [2.05, 4.69) is 54.2 Å². The lowest BCUT2D eigenvalue weighted by atomic mass is 9.67. The zero-order chi connectivity index (χ0) is 25.5. The smallest absolute Gasteiger partial charge is 0.159 e. The van der Waals surface area contributed by atoms with Crippen molar-refractivity contribution >= 4 is 0 Å². The number of nitrogens with zero attached hydrogens (tertiary/aromatic N) is 3. The van der Waals surface area contributed by atoms with Crippen molar-refractivity contribution in [2.75, 3.05) is 0 Å². The highest BCUT2D eigenvalue weighted by Crippen LogP contribution is 2.45. The molecule has 0 aliphatic heterocycles. The van der Waals surface area contributed by atoms with Gasteiger partial charge in [-0.2, -0.15) is 5.26 Å². The summed E-state index contributed by atoms with van der Waals surface area (Å²) in [6, 6.07) is 11.6. The second kappa shape index (κ2) is 15.8. The van der Waals surface area contributed by atoms with Crippen LogP contribution in [0.5, 0.6) is 0 Å². The van der Waals surface area contributed by atoms with E-state index in [-0.39, 0.29) is 5.41 Å². The number of rotatable bonds is 16. The number of aryl methyl sites for hydroxylation is 1. The Labute approximate surface area is 221 Å². The van der Waals surface area contributed by atoms with E-state index in [0.717, 1.165) is 49.9 Å². The average molecular weight is 488 g/mol. The van der Waals surface area contributed by atoms with Crippen molar-refractivity contribution in [3.63, 3.8) is 0 Å². The van der Waals surface area contributed by atoms with Crippen LogP contribution in [0.15, 0.2) is 36.7 Å². The van der Waals surface area contributed by atoms with Gasteiger partial charge in [0.2, 0.25) is 0 Å². The van der Waals surface area contributed by atoms with Crippen LogP contribution in [-0.4, -0.2) is 9.97 Å². The average Bonchev–Trinajstić information content (AvgIpc) is 2.93. The van der Waals surface area contributed by atoms with E-state index in [9.17, 15) is 5.26 Å². The molecule has 3 heteroatoms. The second-order valence-electron chi connectivity index (χ2n) is 11.2. The molecule has 1 aromatic heterocycles. The predicted molar refractivity (Wildman–Crippen MR) is 152 cm³/mol. The monoisotopic (exact) mass is 487 g/mol. The Bertz CT molecular complexity index is 886. The number of aromatic nitrogens is 2. The van der Waals surface area contributed by atoms with Crippen LogP contribution in [0.3, 0.4) is 0 Å². The number of hydrogen-bond acceptors (Lipinski definition) is 3. The van der Waals surface area contributed by atoms with E-state index in [1.165, 1.54) is 88.2 Å². The van der Waals surface area contributed by atoms with Crippen molar-refractivity contribution in [2.24, 2.45) is 5.41 Å². The summed E-state index contributed by atoms with van der Waals surface area (Å²) in [5.74, 6) is 1.39. The summed E-state index contributed by atoms with van der Waals surface area (Å²) in [7, 11) is 0. The molecule has 3 rings (SSSR count). The first-order valence-electron chi connectivity index (χ1n) is 15.0. The van der Waals surface area contributed by atoms with Crippen molar-refractivity contribution < 1.29 is 0 Å². The van der Waals surface area contributed by atoms with Gasteiger partial charge in [-0.15, -0.1) is 0 Å². The van der Waals surface area contributed by atoms with Crippen molar-refractivity contribution in [1.29, 1.82) is 5.26 Å². The third-order valence-electron chi connectivity index (χ3n) is 8.35. The first kappa shape index (κ1) is 28.4. The molecule has 1 aromatic carbocycles. The molecule has 3 nitrogen and oxygen atoms in total. The summed E-state index contributed by atoms with van der Waals surface area (Å²) in [4.78, 5) is 9.29. The molecule has 1 aliphatic rings. The minimum atomic E-state index is -0.0779. The van der Waals surface area contributed by atoms with Crippen LogP contribution in [0.25, 0.3) is 11.4 Å². The minimum Gasteiger partial charge on any atom is -0.236 e. The van der Waals surface area contributed by atoms with Gasteiger partial charge in [0.15, 0.2) is 5.82 Å². The Hall–Kier alpha value is -2.21. The molecule has 2 aromatic rings. The third-order valence-corrected chi connectivity index (χ3v) is 8.35. The summed E-state index contributed by atoms with van der Waals surface area (Å²) in [6.07, 6.45) is 26.3. The number of benzene rings is 1. The molecule has 0 N–H and O–H groups in total. The highest BCUT2D eigenvalue weighted by Gasteiger charge is 2.35. The van der Waals surface area contributed by atoms with Gasteiger partial charge >= 0.3 is 0 Å². The highest BCUT2D eigenvalue weighted by atomic mass is 14.9. The van der Waals surface area contributed by atoms with Gasteiger partial charge in [0.1, 0.15) is 0 Å². The summed E-state index contributed by atoms with van der Waals surface area (Å²) < 4.78 is 0. The molecular formula is C33H49N3. The SMILES string of the molecule is CCCCCCCCCC1(C#N)CCC(c2ccc(-c3ncc(CCCCCCC)cn3)cc2)CC1. The van der Waals surface area contributed by atoms with Crippen molar-refractivity contribution in [3.05, 3.63) is 47.8 Å². The van der Waals surface area contributed by atoms with E-state index in [4.69, 9.17) is 0 Å². The molecule has 0 spiro atoms. The molecule has 0 atom stereocenters. The molecule has 0 radical (unpaired) electrons. The van der Waals surface area contributed by atoms with Gasteiger partial charge in [0, 0.05) is 18.0 Å². The Morgan fingerprint density at radius 1 is 0.778 bits per heavy atom. The lowest BCUT2D eigenvalue weighted by Crippen LogP contribution is -2.25. The van der Waals surface area contributed by atoms with Gasteiger partial charge in [-0.05, 0) is 62.0 Å². The minimum absolute atomic E-state index is 0.0779. The van der Waals surface area contributed by atoms with E-state index >= 15 is 0 Å². The third kappa shape index (κ3) is 9.02. The molecule has 0 unspecified atom stereocenters. The quantitative estimate of drug-likeness (QED) is 0.221. The van der Waals surface area contributed by atoms with Crippen LogP contribution in [0.1, 0.15) is 140 Å². The molecule has 196 valence electrons. The largest absolute Gasteiger partial charge is 0.236 e. The van der Waals surface area contributed by atoms with E-state index in [0.29, 0.717) is 5.92 Å². The zero-order valence-electron chi connectivity index (χ0n) is 23.1. The molecule has 0 bridgehead atoms. The van der Waals surface area contributed by atoms with Crippen LogP contribution < -0.4 is 0 Å². The molecule has 0 saturated heterocycles. The molecule has 0 amide bonds. The zero-order valence-corrected chi connectivity index (χ0v) is 23.1. The van der Waals surface area contributed by atoms with Crippen LogP contribution in [0, 0.1) is 16.7 Å². The summed E-state index contributed by atoms with van der Waals surface area (Å²) in [5, 5.41) is 9.97. The van der Waals surface area contributed by atoms with Crippen molar-refractivity contribution in [3.8, 4) is 17.5 Å². The molecule has 1 fully saturated rings. The number of nitriles is 1. The maximum Gasteiger partial charge on any atom is 0.159 e. The number of unbranched alkanes of at least 4 members (excludes halogenated alkanes) is 10. The normalized spacial score (nSPS) is 19.8. The van der Waals surface area contributed by atoms with Crippen LogP contribution in [0.2, 0.25) is 0 Å². The lowest BCUT2D eigenvalue weighted by molar-refractivity contribution is 0.223. The van der Waals surface area contributed by atoms with E-state index in [1.54, 1.807) is 0 Å². The van der Waals surface area contributed by atoms with Crippen LogP contribution in [0.4, 0.5) is 0 Å². The van der Waals surface area contributed by atoms with Crippen molar-refractivity contribution in [2.45, 2.75) is 135 Å². The Morgan fingerprint density at radius 2 is 1.33 bits per heavy atom. The van der Waals surface area contributed by atoms with Gasteiger partial charge in [-0.25, -0.2) is 9.97 Å². The topological polar surface area (TPSA) is 49.6 Å². The van der Waals surface area contributed by atoms with Crippen LogP contribution in [-0.2, 0) is 6.42 Å². The molecule has 1 heterocycles. The summed E-state index contributed by atoms with van der Waals surface area (Å²) in [5.41, 5.74) is 3.66. The Kier molecular flexibility index (Phi) is 12.5. The van der Waals surface area contributed by atoms with Gasteiger partial charge in [-0.3, -0.25) is 0 Å². The van der Waals surface area contributed by atoms with Gasteiger partial charge < -0.3 is 0 Å². The molecule has 1 aliphatic carbocycles. The molecule has 36 heavy (non-hydrogen) atoms. The van der Waals surface area contributed by atoms with Crippen LogP contribution >= 0.6 is 0 Å². The Morgan fingerprint density at radius 3 is 1.92 bits per heavy atom. The first-order valence-corrected chi connectivity index (χ1v) is 15.0. The predicted octanol–water partition coefficient (Wildman–Crippen LogP) is 9.96. The maximum absolute atomic E-state index is 9.97. The fraction of sp³-hybridized carbons (Fsp3) is 0.667. The van der Waals surface area contributed by atoms with E-state index < -0.39 is 0 Å². The maximum atomic E-state index is 9.97.